The molecule has 90 valence electrons. The van der Waals surface area contributed by atoms with Gasteiger partial charge < -0.3 is 10.6 Å². The molecule has 0 saturated heterocycles. The number of hydrogen-bond acceptors (Lipinski definition) is 4. The molecule has 3 nitrogen and oxygen atoms in total. The molecule has 0 atom stereocenters. The van der Waals surface area contributed by atoms with Crippen LogP contribution in [-0.4, -0.2) is 12.0 Å². The van der Waals surface area contributed by atoms with Crippen LogP contribution in [0.4, 0.5) is 11.5 Å². The Balaban J connectivity index is 2.14. The summed E-state index contributed by atoms with van der Waals surface area (Å²) in [7, 11) is 2.03. The summed E-state index contributed by atoms with van der Waals surface area (Å²) in [5.41, 5.74) is 7.56. The molecule has 0 aliphatic carbocycles. The minimum Gasteiger partial charge on any atom is -0.397 e. The summed E-state index contributed by atoms with van der Waals surface area (Å²) in [4.78, 5) is 7.75. The van der Waals surface area contributed by atoms with Crippen LogP contribution in [0.5, 0.6) is 0 Å². The van der Waals surface area contributed by atoms with Crippen LogP contribution < -0.4 is 10.6 Å². The van der Waals surface area contributed by atoms with Gasteiger partial charge in [0.15, 0.2) is 0 Å². The normalized spacial score (nSPS) is 10.5. The molecule has 2 rings (SSSR count). The van der Waals surface area contributed by atoms with Crippen LogP contribution in [0.1, 0.15) is 10.4 Å². The van der Waals surface area contributed by atoms with E-state index in [0.717, 1.165) is 28.1 Å². The molecular weight excluding hydrogens is 298 g/mol. The highest BCUT2D eigenvalue weighted by molar-refractivity contribution is 9.10. The zero-order valence-corrected chi connectivity index (χ0v) is 12.2. The van der Waals surface area contributed by atoms with E-state index in [1.165, 1.54) is 4.88 Å². The second-order valence-electron chi connectivity index (χ2n) is 3.99. The van der Waals surface area contributed by atoms with Gasteiger partial charge in [0.1, 0.15) is 5.82 Å². The Hall–Kier alpha value is -1.07. The van der Waals surface area contributed by atoms with Gasteiger partial charge in [-0.05, 0) is 40.5 Å². The zero-order chi connectivity index (χ0) is 12.4. The zero-order valence-electron chi connectivity index (χ0n) is 9.77. The molecule has 5 heteroatoms. The number of pyridine rings is 1. The standard InChI is InChI=1S/C12H14BrN3S/c1-8-3-12(15-5-11(8)14)16(2)6-10-4-9(13)7-17-10/h3-5,7H,6,14H2,1-2H3. The number of aromatic nitrogens is 1. The molecule has 17 heavy (non-hydrogen) atoms. The first-order valence-corrected chi connectivity index (χ1v) is 6.89. The number of aryl methyl sites for hydroxylation is 1. The van der Waals surface area contributed by atoms with E-state index in [1.54, 1.807) is 17.5 Å². The summed E-state index contributed by atoms with van der Waals surface area (Å²) in [6, 6.07) is 4.14. The molecular formula is C12H14BrN3S. The van der Waals surface area contributed by atoms with Gasteiger partial charge in [0.2, 0.25) is 0 Å². The van der Waals surface area contributed by atoms with Crippen molar-refractivity contribution in [2.45, 2.75) is 13.5 Å². The maximum absolute atomic E-state index is 5.76. The largest absolute Gasteiger partial charge is 0.397 e. The van der Waals surface area contributed by atoms with Crippen LogP contribution in [0.25, 0.3) is 0 Å². The molecule has 0 aromatic carbocycles. The van der Waals surface area contributed by atoms with Crippen LogP contribution in [0, 0.1) is 6.92 Å². The minimum atomic E-state index is 0.737. The van der Waals surface area contributed by atoms with Gasteiger partial charge in [0.05, 0.1) is 18.4 Å². The summed E-state index contributed by atoms with van der Waals surface area (Å²) in [5, 5.41) is 2.09. The molecule has 0 saturated carbocycles. The Morgan fingerprint density at radius 1 is 1.47 bits per heavy atom. The van der Waals surface area contributed by atoms with Crippen LogP contribution in [-0.2, 0) is 6.54 Å². The highest BCUT2D eigenvalue weighted by atomic mass is 79.9. The summed E-state index contributed by atoms with van der Waals surface area (Å²) in [6.07, 6.45) is 1.71. The van der Waals surface area contributed by atoms with Gasteiger partial charge in [-0.15, -0.1) is 11.3 Å². The molecule has 0 aliphatic rings. The van der Waals surface area contributed by atoms with Crippen molar-refractivity contribution in [3.63, 3.8) is 0 Å². The summed E-state index contributed by atoms with van der Waals surface area (Å²) in [5.74, 6) is 0.946. The van der Waals surface area contributed by atoms with Gasteiger partial charge in [-0.3, -0.25) is 0 Å². The number of anilines is 2. The van der Waals surface area contributed by atoms with Crippen molar-refractivity contribution >= 4 is 38.8 Å². The fourth-order valence-corrected chi connectivity index (χ4v) is 3.02. The molecule has 0 aliphatic heterocycles. The summed E-state index contributed by atoms with van der Waals surface area (Å²) < 4.78 is 1.13. The SMILES string of the molecule is Cc1cc(N(C)Cc2cc(Br)cs2)ncc1N. The van der Waals surface area contributed by atoms with Crippen molar-refractivity contribution < 1.29 is 0 Å². The lowest BCUT2D eigenvalue weighted by molar-refractivity contribution is 0.911. The first-order chi connectivity index (χ1) is 8.06. The second kappa shape index (κ2) is 5.06. The van der Waals surface area contributed by atoms with Crippen LogP contribution >= 0.6 is 27.3 Å². The molecule has 0 amide bonds. The Labute approximate surface area is 113 Å². The maximum Gasteiger partial charge on any atom is 0.128 e. The Morgan fingerprint density at radius 3 is 2.82 bits per heavy atom. The third-order valence-corrected chi connectivity index (χ3v) is 4.23. The van der Waals surface area contributed by atoms with E-state index in [9.17, 15) is 0 Å². The van der Waals surface area contributed by atoms with Crippen molar-refractivity contribution in [1.82, 2.24) is 4.98 Å². The van der Waals surface area contributed by atoms with Crippen LogP contribution in [0.2, 0.25) is 0 Å². The topological polar surface area (TPSA) is 42.2 Å². The number of nitrogens with two attached hydrogens (primary N) is 1. The quantitative estimate of drug-likeness (QED) is 0.944. The molecule has 2 aromatic rings. The predicted octanol–water partition coefficient (Wildman–Crippen LogP) is 3.43. The predicted molar refractivity (Wildman–Crippen MR) is 77.5 cm³/mol. The molecule has 0 spiro atoms. The number of nitrogens with zero attached hydrogens (tertiary/aromatic N) is 2. The van der Waals surface area contributed by atoms with Gasteiger partial charge >= 0.3 is 0 Å². The first-order valence-electron chi connectivity index (χ1n) is 5.22. The Bertz CT molecular complexity index is 524. The first kappa shape index (κ1) is 12.4. The third kappa shape index (κ3) is 2.98. The second-order valence-corrected chi connectivity index (χ2v) is 5.90. The van der Waals surface area contributed by atoms with E-state index in [2.05, 4.69) is 37.3 Å². The summed E-state index contributed by atoms with van der Waals surface area (Å²) >= 11 is 5.20. The van der Waals surface area contributed by atoms with Crippen LogP contribution in [0.15, 0.2) is 28.2 Å². The highest BCUT2D eigenvalue weighted by Gasteiger charge is 2.06. The highest BCUT2D eigenvalue weighted by Crippen LogP contribution is 2.23. The Kier molecular flexibility index (Phi) is 3.69. The van der Waals surface area contributed by atoms with Crippen molar-refractivity contribution in [2.75, 3.05) is 17.7 Å². The monoisotopic (exact) mass is 311 g/mol. The lowest BCUT2D eigenvalue weighted by Gasteiger charge is -2.18. The van der Waals surface area contributed by atoms with E-state index in [1.807, 2.05) is 20.0 Å². The van der Waals surface area contributed by atoms with E-state index < -0.39 is 0 Å². The van der Waals surface area contributed by atoms with Crippen molar-refractivity contribution in [1.29, 1.82) is 0 Å². The maximum atomic E-state index is 5.76. The van der Waals surface area contributed by atoms with Gasteiger partial charge in [-0.1, -0.05) is 0 Å². The van der Waals surface area contributed by atoms with Gasteiger partial charge in [0.25, 0.3) is 0 Å². The smallest absolute Gasteiger partial charge is 0.128 e. The number of halogens is 1. The van der Waals surface area contributed by atoms with Gasteiger partial charge in [-0.2, -0.15) is 0 Å². The average Bonchev–Trinajstić information content (AvgIpc) is 2.68. The van der Waals surface area contributed by atoms with Crippen molar-refractivity contribution in [3.8, 4) is 0 Å². The van der Waals surface area contributed by atoms with Gasteiger partial charge in [-0.25, -0.2) is 4.98 Å². The fourth-order valence-electron chi connectivity index (χ4n) is 1.51. The number of nitrogen functional groups attached to an aromatic ring is 1. The summed E-state index contributed by atoms with van der Waals surface area (Å²) in [6.45, 7) is 2.85. The Morgan fingerprint density at radius 2 is 2.24 bits per heavy atom. The lowest BCUT2D eigenvalue weighted by atomic mass is 10.2. The number of rotatable bonds is 3. The molecule has 2 aromatic heterocycles. The molecule has 0 unspecified atom stereocenters. The van der Waals surface area contributed by atoms with Gasteiger partial charge in [0, 0.05) is 21.8 Å². The van der Waals surface area contributed by atoms with Crippen molar-refractivity contribution in [2.24, 2.45) is 0 Å². The molecule has 0 bridgehead atoms. The van der Waals surface area contributed by atoms with E-state index >= 15 is 0 Å². The molecule has 0 fully saturated rings. The minimum absolute atomic E-state index is 0.737. The van der Waals surface area contributed by atoms with Crippen molar-refractivity contribution in [3.05, 3.63) is 38.6 Å². The third-order valence-electron chi connectivity index (χ3n) is 2.54. The van der Waals surface area contributed by atoms with E-state index in [0.29, 0.717) is 0 Å². The molecule has 2 N–H and O–H groups in total. The number of hydrogen-bond donors (Lipinski definition) is 1. The average molecular weight is 312 g/mol. The molecule has 0 radical (unpaired) electrons. The molecule has 2 heterocycles. The van der Waals surface area contributed by atoms with E-state index in [4.69, 9.17) is 5.73 Å². The lowest BCUT2D eigenvalue weighted by Crippen LogP contribution is -2.17. The van der Waals surface area contributed by atoms with E-state index in [-0.39, 0.29) is 0 Å². The fraction of sp³-hybridized carbons (Fsp3) is 0.250. The van der Waals surface area contributed by atoms with Crippen LogP contribution in [0.3, 0.4) is 0 Å². The number of thiophene rings is 1.